The number of hydrogen-bond donors (Lipinski definition) is 1. The number of nitrogen functional groups attached to an aromatic ring is 1. The molecule has 0 bridgehead atoms. The topological polar surface area (TPSA) is 60.5 Å². The molecule has 4 aromatic rings. The van der Waals surface area contributed by atoms with Crippen molar-refractivity contribution in [2.75, 3.05) is 38.6 Å². The SMILES string of the molecule is Nc1ccc(-c2ccccc2)cc1CC(=O)c1cc(C2CC2)c2c(ccn2CCN2CCOCC2)c1. The highest BCUT2D eigenvalue weighted by Gasteiger charge is 2.28. The van der Waals surface area contributed by atoms with Gasteiger partial charge in [-0.1, -0.05) is 36.4 Å². The molecule has 36 heavy (non-hydrogen) atoms. The van der Waals surface area contributed by atoms with Crippen LogP contribution in [0.2, 0.25) is 0 Å². The molecule has 1 aromatic heterocycles. The van der Waals surface area contributed by atoms with Crippen LogP contribution in [-0.4, -0.2) is 48.1 Å². The highest BCUT2D eigenvalue weighted by Crippen LogP contribution is 2.44. The normalized spacial score (nSPS) is 16.4. The standard InChI is InChI=1S/C31H33N3O2/c32-29-9-8-24(22-4-2-1-3-5-22)18-26(29)21-30(35)27-19-25-10-11-34(13-12-33-14-16-36-17-15-33)31(25)28(20-27)23-6-7-23/h1-5,8-11,18-20,23H,6-7,12-17,21,32H2. The van der Waals surface area contributed by atoms with E-state index in [0.29, 0.717) is 18.0 Å². The van der Waals surface area contributed by atoms with Gasteiger partial charge in [0.2, 0.25) is 0 Å². The molecule has 184 valence electrons. The number of ether oxygens (including phenoxy) is 1. The predicted molar refractivity (Wildman–Crippen MR) is 145 cm³/mol. The Morgan fingerprint density at radius 2 is 1.72 bits per heavy atom. The number of fused-ring (bicyclic) bond motifs is 1. The second kappa shape index (κ2) is 9.92. The van der Waals surface area contributed by atoms with Crippen molar-refractivity contribution in [2.45, 2.75) is 31.7 Å². The summed E-state index contributed by atoms with van der Waals surface area (Å²) in [5, 5.41) is 1.16. The van der Waals surface area contributed by atoms with E-state index in [9.17, 15) is 4.79 Å². The summed E-state index contributed by atoms with van der Waals surface area (Å²) >= 11 is 0. The Kier molecular flexibility index (Phi) is 6.34. The Balaban J connectivity index is 1.26. The van der Waals surface area contributed by atoms with Gasteiger partial charge in [0, 0.05) is 55.4 Å². The van der Waals surface area contributed by atoms with Crippen molar-refractivity contribution >= 4 is 22.4 Å². The third-order valence-electron chi connectivity index (χ3n) is 7.59. The molecule has 2 fully saturated rings. The Morgan fingerprint density at radius 1 is 0.917 bits per heavy atom. The van der Waals surface area contributed by atoms with Gasteiger partial charge in [0.25, 0.3) is 0 Å². The van der Waals surface area contributed by atoms with Crippen molar-refractivity contribution in [1.82, 2.24) is 9.47 Å². The fraction of sp³-hybridized carbons (Fsp3) is 0.323. The molecule has 6 rings (SSSR count). The summed E-state index contributed by atoms with van der Waals surface area (Å²) in [7, 11) is 0. The van der Waals surface area contributed by atoms with Crippen LogP contribution in [0.5, 0.6) is 0 Å². The predicted octanol–water partition coefficient (Wildman–Crippen LogP) is 5.53. The van der Waals surface area contributed by atoms with Crippen LogP contribution in [0.3, 0.4) is 0 Å². The highest BCUT2D eigenvalue weighted by molar-refractivity contribution is 6.02. The maximum atomic E-state index is 13.5. The Hall–Kier alpha value is -3.41. The molecule has 5 heteroatoms. The number of benzene rings is 3. The Bertz CT molecular complexity index is 1380. The van der Waals surface area contributed by atoms with Crippen molar-refractivity contribution in [3.8, 4) is 11.1 Å². The third kappa shape index (κ3) is 4.81. The van der Waals surface area contributed by atoms with Crippen LogP contribution >= 0.6 is 0 Å². The van der Waals surface area contributed by atoms with E-state index in [0.717, 1.165) is 67.0 Å². The fourth-order valence-electron chi connectivity index (χ4n) is 5.35. The minimum Gasteiger partial charge on any atom is -0.398 e. The minimum absolute atomic E-state index is 0.122. The zero-order chi connectivity index (χ0) is 24.5. The van der Waals surface area contributed by atoms with E-state index in [1.165, 1.54) is 23.9 Å². The molecule has 3 aromatic carbocycles. The summed E-state index contributed by atoms with van der Waals surface area (Å²) in [6, 6.07) is 22.6. The monoisotopic (exact) mass is 479 g/mol. The zero-order valence-electron chi connectivity index (χ0n) is 20.7. The number of hydrogen-bond acceptors (Lipinski definition) is 4. The zero-order valence-corrected chi connectivity index (χ0v) is 20.7. The van der Waals surface area contributed by atoms with Gasteiger partial charge < -0.3 is 15.0 Å². The summed E-state index contributed by atoms with van der Waals surface area (Å²) in [4.78, 5) is 16.0. The van der Waals surface area contributed by atoms with E-state index in [1.54, 1.807) is 0 Å². The summed E-state index contributed by atoms with van der Waals surface area (Å²) in [5.74, 6) is 0.681. The van der Waals surface area contributed by atoms with Crippen LogP contribution in [0.4, 0.5) is 5.69 Å². The molecular weight excluding hydrogens is 446 g/mol. The molecule has 0 amide bonds. The summed E-state index contributed by atoms with van der Waals surface area (Å²) in [6.07, 6.45) is 4.90. The van der Waals surface area contributed by atoms with Gasteiger partial charge in [-0.05, 0) is 71.3 Å². The van der Waals surface area contributed by atoms with E-state index < -0.39 is 0 Å². The maximum Gasteiger partial charge on any atom is 0.167 e. The van der Waals surface area contributed by atoms with E-state index in [2.05, 4.69) is 52.1 Å². The van der Waals surface area contributed by atoms with Crippen molar-refractivity contribution < 1.29 is 9.53 Å². The van der Waals surface area contributed by atoms with Gasteiger partial charge in [0.15, 0.2) is 5.78 Å². The number of Topliss-reactive ketones (excluding diaryl/α,β-unsaturated/α-hetero) is 1. The first kappa shape index (κ1) is 23.0. The molecule has 2 heterocycles. The molecule has 1 aliphatic carbocycles. The summed E-state index contributed by atoms with van der Waals surface area (Å²) < 4.78 is 7.88. The van der Waals surface area contributed by atoms with Gasteiger partial charge in [0.05, 0.1) is 18.7 Å². The second-order valence-corrected chi connectivity index (χ2v) is 10.1. The van der Waals surface area contributed by atoms with Gasteiger partial charge in [-0.3, -0.25) is 9.69 Å². The fourth-order valence-corrected chi connectivity index (χ4v) is 5.35. The van der Waals surface area contributed by atoms with Crippen LogP contribution in [0.1, 0.15) is 40.2 Å². The number of morpholine rings is 1. The van der Waals surface area contributed by atoms with Crippen molar-refractivity contribution in [3.05, 3.63) is 89.6 Å². The van der Waals surface area contributed by atoms with Gasteiger partial charge in [-0.25, -0.2) is 0 Å². The Morgan fingerprint density at radius 3 is 2.50 bits per heavy atom. The van der Waals surface area contributed by atoms with Gasteiger partial charge in [0.1, 0.15) is 0 Å². The lowest BCUT2D eigenvalue weighted by atomic mass is 9.95. The smallest absolute Gasteiger partial charge is 0.167 e. The van der Waals surface area contributed by atoms with Crippen LogP contribution in [0.15, 0.2) is 72.9 Å². The van der Waals surface area contributed by atoms with Crippen LogP contribution in [0.25, 0.3) is 22.0 Å². The number of ketones is 1. The lowest BCUT2D eigenvalue weighted by molar-refractivity contribution is 0.0365. The average molecular weight is 480 g/mol. The number of aromatic nitrogens is 1. The minimum atomic E-state index is 0.122. The lowest BCUT2D eigenvalue weighted by Gasteiger charge is -2.26. The van der Waals surface area contributed by atoms with Crippen molar-refractivity contribution in [3.63, 3.8) is 0 Å². The molecule has 0 atom stereocenters. The van der Waals surface area contributed by atoms with Crippen LogP contribution < -0.4 is 5.73 Å². The molecule has 2 N–H and O–H groups in total. The molecule has 0 spiro atoms. The first-order valence-electron chi connectivity index (χ1n) is 13.1. The van der Waals surface area contributed by atoms with E-state index >= 15 is 0 Å². The molecule has 0 unspecified atom stereocenters. The lowest BCUT2D eigenvalue weighted by Crippen LogP contribution is -2.38. The number of nitrogens with two attached hydrogens (primary N) is 1. The van der Waals surface area contributed by atoms with E-state index in [4.69, 9.17) is 10.5 Å². The number of nitrogens with zero attached hydrogens (tertiary/aromatic N) is 2. The molecule has 1 aliphatic heterocycles. The Labute approximate surface area is 212 Å². The van der Waals surface area contributed by atoms with Crippen LogP contribution in [0, 0.1) is 0 Å². The van der Waals surface area contributed by atoms with E-state index in [-0.39, 0.29) is 5.78 Å². The first-order chi connectivity index (χ1) is 17.7. The van der Waals surface area contributed by atoms with Crippen molar-refractivity contribution in [2.24, 2.45) is 0 Å². The van der Waals surface area contributed by atoms with Gasteiger partial charge in [-0.2, -0.15) is 0 Å². The molecular formula is C31H33N3O2. The highest BCUT2D eigenvalue weighted by atomic mass is 16.5. The molecule has 5 nitrogen and oxygen atoms in total. The number of carbonyl (C=O) groups excluding carboxylic acids is 1. The van der Waals surface area contributed by atoms with Gasteiger partial charge in [-0.15, -0.1) is 0 Å². The molecule has 2 aliphatic rings. The quantitative estimate of drug-likeness (QED) is 0.267. The summed E-state index contributed by atoms with van der Waals surface area (Å²) in [6.45, 7) is 5.63. The van der Waals surface area contributed by atoms with Gasteiger partial charge >= 0.3 is 0 Å². The molecule has 0 radical (unpaired) electrons. The average Bonchev–Trinajstić information content (AvgIpc) is 3.69. The number of rotatable bonds is 8. The number of anilines is 1. The number of carbonyl (C=O) groups is 1. The van der Waals surface area contributed by atoms with Crippen LogP contribution in [-0.2, 0) is 17.7 Å². The molecule has 1 saturated carbocycles. The third-order valence-corrected chi connectivity index (χ3v) is 7.59. The second-order valence-electron chi connectivity index (χ2n) is 10.1. The largest absolute Gasteiger partial charge is 0.398 e. The maximum absolute atomic E-state index is 13.5. The molecule has 1 saturated heterocycles. The van der Waals surface area contributed by atoms with Crippen molar-refractivity contribution in [1.29, 1.82) is 0 Å². The van der Waals surface area contributed by atoms with E-state index in [1.807, 2.05) is 30.3 Å². The first-order valence-corrected chi connectivity index (χ1v) is 13.1. The summed E-state index contributed by atoms with van der Waals surface area (Å²) in [5.41, 5.74) is 13.5.